The monoisotopic (exact) mass is 386 g/mol. The molecule has 0 saturated heterocycles. The van der Waals surface area contributed by atoms with Crippen molar-refractivity contribution in [1.29, 1.82) is 0 Å². The predicted octanol–water partition coefficient (Wildman–Crippen LogP) is 3.53. The van der Waals surface area contributed by atoms with Crippen molar-refractivity contribution in [2.24, 2.45) is 16.7 Å². The first kappa shape index (κ1) is 11.6. The minimum absolute atomic E-state index is 0.0800. The SMILES string of the molecule is C[C@@]1(CBr)[C@H]2CC[C@@]1(CBr)C(=O)[C@@H]2Br. The Labute approximate surface area is 110 Å². The Kier molecular flexibility index (Phi) is 2.95. The van der Waals surface area contributed by atoms with E-state index < -0.39 is 0 Å². The molecule has 2 aliphatic rings. The molecule has 2 saturated carbocycles. The van der Waals surface area contributed by atoms with Gasteiger partial charge >= 0.3 is 0 Å². The van der Waals surface area contributed by atoms with E-state index in [2.05, 4.69) is 54.7 Å². The van der Waals surface area contributed by atoms with Gasteiger partial charge in [0.2, 0.25) is 0 Å². The largest absolute Gasteiger partial charge is 0.298 e. The number of alkyl halides is 3. The normalized spacial score (nSPS) is 51.6. The van der Waals surface area contributed by atoms with Gasteiger partial charge in [0.15, 0.2) is 5.78 Å². The summed E-state index contributed by atoms with van der Waals surface area (Å²) in [7, 11) is 0. The van der Waals surface area contributed by atoms with Gasteiger partial charge in [-0.3, -0.25) is 4.79 Å². The minimum Gasteiger partial charge on any atom is -0.298 e. The fourth-order valence-electron chi connectivity index (χ4n) is 3.19. The van der Waals surface area contributed by atoms with Crippen LogP contribution in [0.5, 0.6) is 0 Å². The Morgan fingerprint density at radius 1 is 1.43 bits per heavy atom. The Balaban J connectivity index is 2.50. The second kappa shape index (κ2) is 3.56. The summed E-state index contributed by atoms with van der Waals surface area (Å²) < 4.78 is 0. The van der Waals surface area contributed by atoms with Crippen LogP contribution < -0.4 is 0 Å². The lowest BCUT2D eigenvalue weighted by Crippen LogP contribution is -2.41. The molecule has 0 aliphatic heterocycles. The first-order chi connectivity index (χ1) is 6.53. The van der Waals surface area contributed by atoms with E-state index in [-0.39, 0.29) is 15.7 Å². The second-order valence-corrected chi connectivity index (χ2v) is 6.79. The van der Waals surface area contributed by atoms with Gasteiger partial charge < -0.3 is 0 Å². The van der Waals surface area contributed by atoms with E-state index in [1.165, 1.54) is 6.42 Å². The standard InChI is InChI=1S/C10H13Br3O/c1-9(4-11)6-2-3-10(9,5-12)8(14)7(6)13/h6-7H,2-5H2,1H3/t6-,7+,9+,10+/m0/s1. The van der Waals surface area contributed by atoms with Crippen LogP contribution in [0.3, 0.4) is 0 Å². The van der Waals surface area contributed by atoms with Crippen molar-refractivity contribution in [3.05, 3.63) is 0 Å². The summed E-state index contributed by atoms with van der Waals surface area (Å²) in [5.74, 6) is 0.916. The van der Waals surface area contributed by atoms with Gasteiger partial charge in [-0.2, -0.15) is 0 Å². The van der Waals surface area contributed by atoms with E-state index in [1.807, 2.05) is 0 Å². The molecule has 2 aliphatic carbocycles. The van der Waals surface area contributed by atoms with Crippen molar-refractivity contribution in [2.75, 3.05) is 10.7 Å². The Hall–Kier alpha value is 1.11. The first-order valence-electron chi connectivity index (χ1n) is 4.84. The highest BCUT2D eigenvalue weighted by molar-refractivity contribution is 9.10. The number of carbonyl (C=O) groups excluding carboxylic acids is 1. The van der Waals surface area contributed by atoms with Gasteiger partial charge in [-0.05, 0) is 24.2 Å². The molecule has 4 atom stereocenters. The zero-order valence-corrected chi connectivity index (χ0v) is 12.8. The van der Waals surface area contributed by atoms with E-state index in [0.717, 1.165) is 17.1 Å². The number of hydrogen-bond donors (Lipinski definition) is 0. The van der Waals surface area contributed by atoms with Gasteiger partial charge in [0.25, 0.3) is 0 Å². The van der Waals surface area contributed by atoms with Crippen LogP contribution >= 0.6 is 47.8 Å². The van der Waals surface area contributed by atoms with Gasteiger partial charge in [-0.15, -0.1) is 0 Å². The third kappa shape index (κ3) is 1.08. The molecule has 0 aromatic rings. The summed E-state index contributed by atoms with van der Waals surface area (Å²) in [4.78, 5) is 12.3. The van der Waals surface area contributed by atoms with Crippen molar-refractivity contribution in [2.45, 2.75) is 24.6 Å². The van der Waals surface area contributed by atoms with Gasteiger partial charge in [0.1, 0.15) is 0 Å². The number of carbonyl (C=O) groups is 1. The van der Waals surface area contributed by atoms with Crippen molar-refractivity contribution in [3.63, 3.8) is 0 Å². The van der Waals surface area contributed by atoms with Gasteiger partial charge in [0, 0.05) is 16.1 Å². The topological polar surface area (TPSA) is 17.1 Å². The lowest BCUT2D eigenvalue weighted by Gasteiger charge is -2.36. The number of hydrogen-bond acceptors (Lipinski definition) is 1. The van der Waals surface area contributed by atoms with E-state index >= 15 is 0 Å². The molecule has 0 amide bonds. The zero-order chi connectivity index (χ0) is 10.6. The molecule has 2 rings (SSSR count). The fraction of sp³-hybridized carbons (Fsp3) is 0.900. The molecule has 0 heterocycles. The maximum absolute atomic E-state index is 12.2. The van der Waals surface area contributed by atoms with Crippen LogP contribution in [0.4, 0.5) is 0 Å². The summed E-state index contributed by atoms with van der Waals surface area (Å²) in [6, 6.07) is 0. The van der Waals surface area contributed by atoms with Crippen LogP contribution in [0.1, 0.15) is 19.8 Å². The molecule has 0 N–H and O–H groups in total. The summed E-state index contributed by atoms with van der Waals surface area (Å²) in [5, 5.41) is 1.73. The highest BCUT2D eigenvalue weighted by Crippen LogP contribution is 2.66. The highest BCUT2D eigenvalue weighted by Gasteiger charge is 2.68. The van der Waals surface area contributed by atoms with Crippen LogP contribution in [0, 0.1) is 16.7 Å². The lowest BCUT2D eigenvalue weighted by atomic mass is 9.70. The molecule has 80 valence electrons. The molecular weight excluding hydrogens is 376 g/mol. The molecule has 2 fully saturated rings. The lowest BCUT2D eigenvalue weighted by molar-refractivity contribution is -0.127. The Morgan fingerprint density at radius 3 is 2.50 bits per heavy atom. The van der Waals surface area contributed by atoms with Crippen molar-refractivity contribution >= 4 is 53.6 Å². The number of Topliss-reactive ketones (excluding diaryl/α,β-unsaturated/α-hetero) is 1. The van der Waals surface area contributed by atoms with E-state index in [1.54, 1.807) is 0 Å². The smallest absolute Gasteiger partial charge is 0.154 e. The summed E-state index contributed by atoms with van der Waals surface area (Å²) in [5.41, 5.74) is -0.00289. The van der Waals surface area contributed by atoms with Crippen molar-refractivity contribution in [1.82, 2.24) is 0 Å². The van der Waals surface area contributed by atoms with Crippen LogP contribution in [-0.2, 0) is 4.79 Å². The van der Waals surface area contributed by atoms with Gasteiger partial charge in [-0.1, -0.05) is 54.7 Å². The van der Waals surface area contributed by atoms with Gasteiger partial charge in [-0.25, -0.2) is 0 Å². The van der Waals surface area contributed by atoms with Crippen molar-refractivity contribution in [3.8, 4) is 0 Å². The van der Waals surface area contributed by atoms with E-state index in [9.17, 15) is 4.79 Å². The summed E-state index contributed by atoms with van der Waals surface area (Å²) in [6.07, 6.45) is 2.22. The molecule has 14 heavy (non-hydrogen) atoms. The molecular formula is C10H13Br3O. The maximum atomic E-state index is 12.2. The fourth-order valence-corrected chi connectivity index (χ4v) is 6.63. The van der Waals surface area contributed by atoms with Crippen molar-refractivity contribution < 1.29 is 4.79 Å². The first-order valence-corrected chi connectivity index (χ1v) is 8.00. The molecule has 0 aromatic heterocycles. The molecule has 0 unspecified atom stereocenters. The van der Waals surface area contributed by atoms with Crippen LogP contribution in [0.25, 0.3) is 0 Å². The molecule has 4 heteroatoms. The quantitative estimate of drug-likeness (QED) is 0.661. The Morgan fingerprint density at radius 2 is 2.07 bits per heavy atom. The van der Waals surface area contributed by atoms with E-state index in [4.69, 9.17) is 0 Å². The number of fused-ring (bicyclic) bond motifs is 2. The highest BCUT2D eigenvalue weighted by atomic mass is 79.9. The maximum Gasteiger partial charge on any atom is 0.154 e. The van der Waals surface area contributed by atoms with Crippen LogP contribution in [0.2, 0.25) is 0 Å². The van der Waals surface area contributed by atoms with Crippen LogP contribution in [0.15, 0.2) is 0 Å². The summed E-state index contributed by atoms with van der Waals surface area (Å²) >= 11 is 10.7. The molecule has 0 spiro atoms. The van der Waals surface area contributed by atoms with Gasteiger partial charge in [0.05, 0.1) is 4.83 Å². The minimum atomic E-state index is -0.130. The summed E-state index contributed by atoms with van der Waals surface area (Å²) in [6.45, 7) is 2.25. The third-order valence-corrected chi connectivity index (χ3v) is 7.55. The molecule has 0 radical (unpaired) electrons. The van der Waals surface area contributed by atoms with Crippen LogP contribution in [-0.4, -0.2) is 21.3 Å². The predicted molar refractivity (Wildman–Crippen MR) is 68.6 cm³/mol. The molecule has 1 nitrogen and oxygen atoms in total. The number of halogens is 3. The Bertz CT molecular complexity index is 281. The number of rotatable bonds is 2. The second-order valence-electron chi connectivity index (χ2n) is 4.68. The average molecular weight is 389 g/mol. The zero-order valence-electron chi connectivity index (χ0n) is 8.03. The average Bonchev–Trinajstić information content (AvgIpc) is 2.57. The third-order valence-electron chi connectivity index (χ3n) is 4.37. The molecule has 0 aromatic carbocycles. The van der Waals surface area contributed by atoms with E-state index in [0.29, 0.717) is 11.7 Å². The molecule has 2 bridgehead atoms. The number of ketones is 1.